The number of thiazole rings is 1. The van der Waals surface area contributed by atoms with Gasteiger partial charge in [0.25, 0.3) is 5.91 Å². The third-order valence-electron chi connectivity index (χ3n) is 4.21. The predicted octanol–water partition coefficient (Wildman–Crippen LogP) is 3.77. The molecule has 0 N–H and O–H groups in total. The Bertz CT molecular complexity index is 612. The molecule has 1 aromatic heterocycles. The van der Waals surface area contributed by atoms with Gasteiger partial charge in [0.2, 0.25) is 0 Å². The second kappa shape index (κ2) is 7.01. The fourth-order valence-electron chi connectivity index (χ4n) is 2.99. The molecule has 22 heavy (non-hydrogen) atoms. The lowest BCUT2D eigenvalue weighted by Gasteiger charge is -2.32. The molecule has 0 radical (unpaired) electrons. The number of carbonyl (C=O) groups is 1. The number of likely N-dealkylation sites (tertiary alicyclic amines) is 1. The summed E-state index contributed by atoms with van der Waals surface area (Å²) < 4.78 is 12.9. The molecule has 116 valence electrons. The normalized spacial score (nSPS) is 18.4. The summed E-state index contributed by atoms with van der Waals surface area (Å²) in [6.45, 7) is 1.63. The number of piperidine rings is 1. The minimum atomic E-state index is -0.193. The standard InChI is InChI=1S/C17H19FN2OS/c18-15-7-5-13(6-8-15)3-4-14-2-1-9-20(10-14)17(21)16-11-22-12-19-16/h5-8,11-12,14H,1-4,9-10H2/t14-/m1/s1. The Morgan fingerprint density at radius 3 is 2.91 bits per heavy atom. The molecule has 1 amide bonds. The van der Waals surface area contributed by atoms with Crippen LogP contribution in [0, 0.1) is 11.7 Å². The smallest absolute Gasteiger partial charge is 0.273 e. The number of hydrogen-bond acceptors (Lipinski definition) is 3. The average Bonchev–Trinajstić information content (AvgIpc) is 3.08. The van der Waals surface area contributed by atoms with E-state index in [1.54, 1.807) is 5.51 Å². The highest BCUT2D eigenvalue weighted by Crippen LogP contribution is 2.23. The van der Waals surface area contributed by atoms with Crippen LogP contribution in [0.1, 0.15) is 35.3 Å². The molecule has 3 rings (SSSR count). The van der Waals surface area contributed by atoms with E-state index in [-0.39, 0.29) is 11.7 Å². The fourth-order valence-corrected chi connectivity index (χ4v) is 3.51. The highest BCUT2D eigenvalue weighted by atomic mass is 32.1. The van der Waals surface area contributed by atoms with E-state index >= 15 is 0 Å². The van der Waals surface area contributed by atoms with Crippen molar-refractivity contribution in [3.8, 4) is 0 Å². The molecule has 0 spiro atoms. The number of aryl methyl sites for hydroxylation is 1. The van der Waals surface area contributed by atoms with Gasteiger partial charge in [-0.3, -0.25) is 4.79 Å². The number of halogens is 1. The van der Waals surface area contributed by atoms with Crippen molar-refractivity contribution < 1.29 is 9.18 Å². The summed E-state index contributed by atoms with van der Waals surface area (Å²) in [7, 11) is 0. The molecule has 1 aliphatic heterocycles. The molecule has 0 aliphatic carbocycles. The number of aromatic nitrogens is 1. The van der Waals surface area contributed by atoms with Crippen molar-refractivity contribution in [2.24, 2.45) is 5.92 Å². The first-order chi connectivity index (χ1) is 10.7. The van der Waals surface area contributed by atoms with E-state index in [9.17, 15) is 9.18 Å². The summed E-state index contributed by atoms with van der Waals surface area (Å²) in [5.74, 6) is 0.371. The summed E-state index contributed by atoms with van der Waals surface area (Å²) in [4.78, 5) is 18.4. The molecule has 3 nitrogen and oxygen atoms in total. The van der Waals surface area contributed by atoms with Crippen LogP contribution in [-0.2, 0) is 6.42 Å². The van der Waals surface area contributed by atoms with Crippen molar-refractivity contribution in [1.82, 2.24) is 9.88 Å². The predicted molar refractivity (Wildman–Crippen MR) is 85.5 cm³/mol. The van der Waals surface area contributed by atoms with Crippen LogP contribution in [0.4, 0.5) is 4.39 Å². The van der Waals surface area contributed by atoms with Gasteiger partial charge in [0.05, 0.1) is 5.51 Å². The molecular weight excluding hydrogens is 299 g/mol. The summed E-state index contributed by atoms with van der Waals surface area (Å²) >= 11 is 1.45. The molecule has 2 heterocycles. The number of hydrogen-bond donors (Lipinski definition) is 0. The number of rotatable bonds is 4. The van der Waals surface area contributed by atoms with Gasteiger partial charge in [0.1, 0.15) is 11.5 Å². The van der Waals surface area contributed by atoms with Crippen LogP contribution in [0.2, 0.25) is 0 Å². The van der Waals surface area contributed by atoms with Gasteiger partial charge >= 0.3 is 0 Å². The Hall–Kier alpha value is -1.75. The highest BCUT2D eigenvalue weighted by molar-refractivity contribution is 7.07. The van der Waals surface area contributed by atoms with E-state index in [1.807, 2.05) is 22.4 Å². The monoisotopic (exact) mass is 318 g/mol. The molecule has 1 saturated heterocycles. The zero-order chi connectivity index (χ0) is 15.4. The van der Waals surface area contributed by atoms with Crippen molar-refractivity contribution >= 4 is 17.2 Å². The van der Waals surface area contributed by atoms with E-state index in [2.05, 4.69) is 4.98 Å². The van der Waals surface area contributed by atoms with Gasteiger partial charge in [-0.25, -0.2) is 9.37 Å². The number of benzene rings is 1. The molecular formula is C17H19FN2OS. The van der Waals surface area contributed by atoms with Crippen LogP contribution < -0.4 is 0 Å². The third-order valence-corrected chi connectivity index (χ3v) is 4.80. The van der Waals surface area contributed by atoms with E-state index in [0.29, 0.717) is 11.6 Å². The van der Waals surface area contributed by atoms with Crippen molar-refractivity contribution in [3.05, 3.63) is 52.2 Å². The largest absolute Gasteiger partial charge is 0.337 e. The molecule has 2 aromatic rings. The van der Waals surface area contributed by atoms with Gasteiger partial charge in [-0.15, -0.1) is 11.3 Å². The topological polar surface area (TPSA) is 33.2 Å². The first-order valence-electron chi connectivity index (χ1n) is 7.64. The zero-order valence-electron chi connectivity index (χ0n) is 12.4. The van der Waals surface area contributed by atoms with Gasteiger partial charge in [0, 0.05) is 18.5 Å². The lowest BCUT2D eigenvalue weighted by molar-refractivity contribution is 0.0663. The lowest BCUT2D eigenvalue weighted by atomic mass is 9.91. The fraction of sp³-hybridized carbons (Fsp3) is 0.412. The highest BCUT2D eigenvalue weighted by Gasteiger charge is 2.25. The Morgan fingerprint density at radius 2 is 2.18 bits per heavy atom. The van der Waals surface area contributed by atoms with Crippen molar-refractivity contribution in [2.45, 2.75) is 25.7 Å². The summed E-state index contributed by atoms with van der Waals surface area (Å²) in [6, 6.07) is 6.70. The van der Waals surface area contributed by atoms with E-state index in [1.165, 1.54) is 23.5 Å². The van der Waals surface area contributed by atoms with Crippen molar-refractivity contribution in [1.29, 1.82) is 0 Å². The SMILES string of the molecule is O=C(c1cscn1)N1CCC[C@H](CCc2ccc(F)cc2)C1. The third kappa shape index (κ3) is 3.71. The Balaban J connectivity index is 1.54. The first kappa shape index (κ1) is 15.2. The van der Waals surface area contributed by atoms with Crippen molar-refractivity contribution in [2.75, 3.05) is 13.1 Å². The van der Waals surface area contributed by atoms with Crippen LogP contribution in [0.25, 0.3) is 0 Å². The molecule has 0 unspecified atom stereocenters. The molecule has 1 atom stereocenters. The Morgan fingerprint density at radius 1 is 1.36 bits per heavy atom. The maximum Gasteiger partial charge on any atom is 0.273 e. The van der Waals surface area contributed by atoms with Gasteiger partial charge < -0.3 is 4.90 Å². The van der Waals surface area contributed by atoms with E-state index in [0.717, 1.165) is 44.3 Å². The van der Waals surface area contributed by atoms with Crippen LogP contribution >= 0.6 is 11.3 Å². The zero-order valence-corrected chi connectivity index (χ0v) is 13.2. The molecule has 0 saturated carbocycles. The number of carbonyl (C=O) groups excluding carboxylic acids is 1. The van der Waals surface area contributed by atoms with Gasteiger partial charge in [-0.2, -0.15) is 0 Å². The average molecular weight is 318 g/mol. The number of nitrogens with zero attached hydrogens (tertiary/aromatic N) is 2. The van der Waals surface area contributed by atoms with Crippen molar-refractivity contribution in [3.63, 3.8) is 0 Å². The van der Waals surface area contributed by atoms with Gasteiger partial charge in [-0.05, 0) is 49.3 Å². The Labute approximate surface area is 133 Å². The molecule has 5 heteroatoms. The van der Waals surface area contributed by atoms with Crippen LogP contribution in [0.3, 0.4) is 0 Å². The summed E-state index contributed by atoms with van der Waals surface area (Å²) in [6.07, 6.45) is 4.17. The minimum absolute atomic E-state index is 0.0488. The maximum atomic E-state index is 12.9. The van der Waals surface area contributed by atoms with E-state index < -0.39 is 0 Å². The van der Waals surface area contributed by atoms with Crippen LogP contribution in [-0.4, -0.2) is 28.9 Å². The molecule has 1 fully saturated rings. The van der Waals surface area contributed by atoms with Gasteiger partial charge in [0.15, 0.2) is 0 Å². The first-order valence-corrected chi connectivity index (χ1v) is 8.58. The van der Waals surface area contributed by atoms with Gasteiger partial charge in [-0.1, -0.05) is 12.1 Å². The lowest BCUT2D eigenvalue weighted by Crippen LogP contribution is -2.40. The minimum Gasteiger partial charge on any atom is -0.337 e. The second-order valence-corrected chi connectivity index (χ2v) is 6.52. The number of amides is 1. The maximum absolute atomic E-state index is 12.9. The van der Waals surface area contributed by atoms with Crippen LogP contribution in [0.5, 0.6) is 0 Å². The van der Waals surface area contributed by atoms with E-state index in [4.69, 9.17) is 0 Å². The quantitative estimate of drug-likeness (QED) is 0.860. The Kier molecular flexibility index (Phi) is 4.83. The molecule has 1 aliphatic rings. The molecule has 0 bridgehead atoms. The van der Waals surface area contributed by atoms with Crippen LogP contribution in [0.15, 0.2) is 35.2 Å². The second-order valence-electron chi connectivity index (χ2n) is 5.80. The molecule has 1 aromatic carbocycles. The summed E-state index contributed by atoms with van der Waals surface area (Å²) in [5, 5.41) is 1.81. The summed E-state index contributed by atoms with van der Waals surface area (Å²) in [5.41, 5.74) is 3.41.